The van der Waals surface area contributed by atoms with Crippen molar-refractivity contribution in [2.45, 2.75) is 19.2 Å². The second-order valence-corrected chi connectivity index (χ2v) is 4.52. The molecule has 1 aromatic rings. The molecule has 1 aliphatic heterocycles. The summed E-state index contributed by atoms with van der Waals surface area (Å²) < 4.78 is 40.1. The summed E-state index contributed by atoms with van der Waals surface area (Å²) in [5.41, 5.74) is 0.416. The summed E-state index contributed by atoms with van der Waals surface area (Å²) in [6, 6.07) is 5.44. The molecule has 1 saturated heterocycles. The number of amides is 1. The first-order valence-electron chi connectivity index (χ1n) is 6.31. The smallest absolute Gasteiger partial charge is 0.406 e. The number of anilines is 1. The summed E-state index contributed by atoms with van der Waals surface area (Å²) >= 11 is 0. The number of nitrogens with zero attached hydrogens (tertiary/aromatic N) is 1. The fraction of sp³-hybridized carbons (Fsp3) is 0.462. The van der Waals surface area contributed by atoms with Gasteiger partial charge in [-0.15, -0.1) is 13.2 Å². The van der Waals surface area contributed by atoms with E-state index in [0.29, 0.717) is 5.69 Å². The van der Waals surface area contributed by atoms with Gasteiger partial charge >= 0.3 is 6.36 Å². The van der Waals surface area contributed by atoms with E-state index in [1.54, 1.807) is 11.0 Å². The summed E-state index contributed by atoms with van der Waals surface area (Å²) in [6.45, 7) is 1.56. The number of carbonyl (C=O) groups is 1. The van der Waals surface area contributed by atoms with E-state index in [0.717, 1.165) is 25.9 Å². The van der Waals surface area contributed by atoms with Crippen LogP contribution in [0.2, 0.25) is 0 Å². The predicted octanol–water partition coefficient (Wildman–Crippen LogP) is 2.62. The summed E-state index contributed by atoms with van der Waals surface area (Å²) in [5, 5.41) is 2.81. The Morgan fingerprint density at radius 2 is 2.00 bits per heavy atom. The van der Waals surface area contributed by atoms with Crippen molar-refractivity contribution < 1.29 is 22.7 Å². The third-order valence-electron chi connectivity index (χ3n) is 2.97. The van der Waals surface area contributed by atoms with E-state index >= 15 is 0 Å². The molecule has 0 unspecified atom stereocenters. The van der Waals surface area contributed by atoms with Crippen LogP contribution >= 0.6 is 0 Å². The molecule has 1 fully saturated rings. The van der Waals surface area contributed by atoms with Gasteiger partial charge in [0.15, 0.2) is 0 Å². The molecule has 1 heterocycles. The Morgan fingerprint density at radius 3 is 2.65 bits per heavy atom. The van der Waals surface area contributed by atoms with Crippen LogP contribution in [0.3, 0.4) is 0 Å². The SMILES string of the molecule is O=C(CNc1cccc(OC(F)(F)F)c1)N1CCCC1. The second-order valence-electron chi connectivity index (χ2n) is 4.52. The summed E-state index contributed by atoms with van der Waals surface area (Å²) in [5.74, 6) is -0.360. The third-order valence-corrected chi connectivity index (χ3v) is 2.97. The minimum atomic E-state index is -4.72. The highest BCUT2D eigenvalue weighted by atomic mass is 19.4. The molecule has 0 spiro atoms. The maximum absolute atomic E-state index is 12.1. The number of hydrogen-bond donors (Lipinski definition) is 1. The number of nitrogens with one attached hydrogen (secondary N) is 1. The molecule has 4 nitrogen and oxygen atoms in total. The van der Waals surface area contributed by atoms with Crippen LogP contribution in [0, 0.1) is 0 Å². The molecular weight excluding hydrogens is 273 g/mol. The van der Waals surface area contributed by atoms with Gasteiger partial charge in [-0.25, -0.2) is 0 Å². The Morgan fingerprint density at radius 1 is 1.30 bits per heavy atom. The van der Waals surface area contributed by atoms with Crippen LogP contribution in [0.5, 0.6) is 5.75 Å². The zero-order chi connectivity index (χ0) is 14.6. The topological polar surface area (TPSA) is 41.6 Å². The van der Waals surface area contributed by atoms with Crippen LogP contribution in [-0.4, -0.2) is 36.8 Å². The van der Waals surface area contributed by atoms with Crippen molar-refractivity contribution in [1.29, 1.82) is 0 Å². The highest BCUT2D eigenvalue weighted by Gasteiger charge is 2.31. The van der Waals surface area contributed by atoms with Gasteiger partial charge in [0, 0.05) is 24.8 Å². The van der Waals surface area contributed by atoms with Gasteiger partial charge in [0.1, 0.15) is 5.75 Å². The average Bonchev–Trinajstić information content (AvgIpc) is 2.88. The molecule has 0 saturated carbocycles. The Balaban J connectivity index is 1.89. The van der Waals surface area contributed by atoms with Crippen LogP contribution < -0.4 is 10.1 Å². The average molecular weight is 288 g/mol. The number of benzene rings is 1. The molecule has 0 aliphatic carbocycles. The number of alkyl halides is 3. The van der Waals surface area contributed by atoms with Crippen molar-refractivity contribution in [1.82, 2.24) is 4.90 Å². The molecular formula is C13H15F3N2O2. The number of halogens is 3. The van der Waals surface area contributed by atoms with Gasteiger partial charge in [-0.05, 0) is 25.0 Å². The zero-order valence-corrected chi connectivity index (χ0v) is 10.7. The molecule has 1 aliphatic rings. The first-order chi connectivity index (χ1) is 9.44. The van der Waals surface area contributed by atoms with Gasteiger partial charge in [-0.3, -0.25) is 4.79 Å². The number of likely N-dealkylation sites (tertiary alicyclic amines) is 1. The van der Waals surface area contributed by atoms with Gasteiger partial charge in [0.05, 0.1) is 6.54 Å². The predicted molar refractivity (Wildman–Crippen MR) is 67.4 cm³/mol. The third kappa shape index (κ3) is 4.32. The molecule has 1 N–H and O–H groups in total. The zero-order valence-electron chi connectivity index (χ0n) is 10.7. The van der Waals surface area contributed by atoms with Crippen molar-refractivity contribution in [3.05, 3.63) is 24.3 Å². The van der Waals surface area contributed by atoms with Crippen molar-refractivity contribution in [2.75, 3.05) is 25.0 Å². The quantitative estimate of drug-likeness (QED) is 0.926. The van der Waals surface area contributed by atoms with Crippen LogP contribution in [0.15, 0.2) is 24.3 Å². The maximum atomic E-state index is 12.1. The van der Waals surface area contributed by atoms with Crippen molar-refractivity contribution >= 4 is 11.6 Å². The minimum Gasteiger partial charge on any atom is -0.406 e. The molecule has 2 rings (SSSR count). The number of hydrogen-bond acceptors (Lipinski definition) is 3. The lowest BCUT2D eigenvalue weighted by Crippen LogP contribution is -2.32. The molecule has 7 heteroatoms. The van der Waals surface area contributed by atoms with Crippen molar-refractivity contribution in [2.24, 2.45) is 0 Å². The first-order valence-corrected chi connectivity index (χ1v) is 6.31. The van der Waals surface area contributed by atoms with Crippen molar-refractivity contribution in [3.63, 3.8) is 0 Å². The fourth-order valence-electron chi connectivity index (χ4n) is 2.06. The molecule has 20 heavy (non-hydrogen) atoms. The number of carbonyl (C=O) groups excluding carboxylic acids is 1. The monoisotopic (exact) mass is 288 g/mol. The van der Waals surface area contributed by atoms with Gasteiger partial charge < -0.3 is 15.0 Å². The standard InChI is InChI=1S/C13H15F3N2O2/c14-13(15,16)20-11-5-3-4-10(8-11)17-9-12(19)18-6-1-2-7-18/h3-5,8,17H,1-2,6-7,9H2. The van der Waals surface area contributed by atoms with Crippen LogP contribution in [0.1, 0.15) is 12.8 Å². The summed E-state index contributed by atoms with van der Waals surface area (Å²) in [4.78, 5) is 13.5. The van der Waals surface area contributed by atoms with E-state index in [9.17, 15) is 18.0 Å². The van der Waals surface area contributed by atoms with Gasteiger partial charge in [0.25, 0.3) is 0 Å². The largest absolute Gasteiger partial charge is 0.573 e. The van der Waals surface area contributed by atoms with E-state index in [1.807, 2.05) is 0 Å². The minimum absolute atomic E-state index is 0.0513. The Hall–Kier alpha value is -1.92. The molecule has 0 radical (unpaired) electrons. The Labute approximate surface area is 114 Å². The molecule has 1 amide bonds. The van der Waals surface area contributed by atoms with E-state index in [-0.39, 0.29) is 18.2 Å². The molecule has 1 aromatic carbocycles. The first kappa shape index (κ1) is 14.5. The molecule has 110 valence electrons. The Bertz CT molecular complexity index is 471. The van der Waals surface area contributed by atoms with Gasteiger partial charge in [-0.2, -0.15) is 0 Å². The highest BCUT2D eigenvalue weighted by Crippen LogP contribution is 2.24. The second kappa shape index (κ2) is 6.02. The van der Waals surface area contributed by atoms with E-state index in [1.165, 1.54) is 18.2 Å². The summed E-state index contributed by atoms with van der Waals surface area (Å²) in [6.07, 6.45) is -2.72. The van der Waals surface area contributed by atoms with Gasteiger partial charge in [-0.1, -0.05) is 6.07 Å². The number of rotatable bonds is 4. The van der Waals surface area contributed by atoms with Crippen molar-refractivity contribution in [3.8, 4) is 5.75 Å². The van der Waals surface area contributed by atoms with E-state index in [4.69, 9.17) is 0 Å². The normalized spacial score (nSPS) is 15.2. The highest BCUT2D eigenvalue weighted by molar-refractivity contribution is 5.81. The Kier molecular flexibility index (Phi) is 4.36. The lowest BCUT2D eigenvalue weighted by Gasteiger charge is -2.16. The lowest BCUT2D eigenvalue weighted by molar-refractivity contribution is -0.274. The fourth-order valence-corrected chi connectivity index (χ4v) is 2.06. The lowest BCUT2D eigenvalue weighted by atomic mass is 10.3. The van der Waals surface area contributed by atoms with Crippen LogP contribution in [0.4, 0.5) is 18.9 Å². The molecule has 0 atom stereocenters. The molecule has 0 aromatic heterocycles. The van der Waals surface area contributed by atoms with E-state index < -0.39 is 6.36 Å². The molecule has 0 bridgehead atoms. The van der Waals surface area contributed by atoms with Gasteiger partial charge in [0.2, 0.25) is 5.91 Å². The van der Waals surface area contributed by atoms with Crippen LogP contribution in [-0.2, 0) is 4.79 Å². The maximum Gasteiger partial charge on any atom is 0.573 e. The number of ether oxygens (including phenoxy) is 1. The summed E-state index contributed by atoms with van der Waals surface area (Å²) in [7, 11) is 0. The van der Waals surface area contributed by atoms with Crippen LogP contribution in [0.25, 0.3) is 0 Å². The van der Waals surface area contributed by atoms with E-state index in [2.05, 4.69) is 10.1 Å².